The highest BCUT2D eigenvalue weighted by Gasteiger charge is 2.14. The van der Waals surface area contributed by atoms with Gasteiger partial charge in [0.2, 0.25) is 5.89 Å². The summed E-state index contributed by atoms with van der Waals surface area (Å²) in [7, 11) is 0. The van der Waals surface area contributed by atoms with Crippen molar-refractivity contribution < 1.29 is 14.3 Å². The van der Waals surface area contributed by atoms with Crippen LogP contribution in [0.3, 0.4) is 0 Å². The van der Waals surface area contributed by atoms with Gasteiger partial charge in [-0.15, -0.1) is 0 Å². The number of hydrogen-bond donors (Lipinski definition) is 3. The molecule has 2 amide bonds. The molecule has 0 bridgehead atoms. The number of aryl methyl sites for hydroxylation is 2. The van der Waals surface area contributed by atoms with Gasteiger partial charge in [-0.3, -0.25) is 0 Å². The number of nitrogens with one attached hydrogen (secondary N) is 2. The molecule has 0 fully saturated rings. The van der Waals surface area contributed by atoms with Crippen molar-refractivity contribution in [3.8, 4) is 0 Å². The van der Waals surface area contributed by atoms with Crippen molar-refractivity contribution >= 4 is 6.03 Å². The van der Waals surface area contributed by atoms with Gasteiger partial charge in [0.05, 0.1) is 18.3 Å². The molecule has 3 N–H and O–H groups in total. The molecule has 0 aliphatic carbocycles. The molecule has 2 unspecified atom stereocenters. The number of aliphatic hydroxyl groups is 1. The summed E-state index contributed by atoms with van der Waals surface area (Å²) in [5, 5.41) is 15.6. The summed E-state index contributed by atoms with van der Waals surface area (Å²) < 4.78 is 5.40. The van der Waals surface area contributed by atoms with Crippen LogP contribution in [0.2, 0.25) is 0 Å². The number of carbonyl (C=O) groups excluding carboxylic acids is 1. The van der Waals surface area contributed by atoms with Crippen LogP contribution in [-0.2, 0) is 6.54 Å². The van der Waals surface area contributed by atoms with Crippen molar-refractivity contribution in [3.63, 3.8) is 0 Å². The van der Waals surface area contributed by atoms with Crippen LogP contribution in [0.15, 0.2) is 34.7 Å². The van der Waals surface area contributed by atoms with Gasteiger partial charge in [0, 0.05) is 6.04 Å². The summed E-state index contributed by atoms with van der Waals surface area (Å²) in [4.78, 5) is 16.1. The average molecular weight is 317 g/mol. The van der Waals surface area contributed by atoms with E-state index in [9.17, 15) is 9.90 Å². The number of urea groups is 1. The number of benzene rings is 1. The lowest BCUT2D eigenvalue weighted by atomic mass is 10.0. The van der Waals surface area contributed by atoms with Gasteiger partial charge in [0.15, 0.2) is 0 Å². The maximum absolute atomic E-state index is 11.9. The molecule has 1 heterocycles. The Kier molecular flexibility index (Phi) is 5.76. The van der Waals surface area contributed by atoms with E-state index in [-0.39, 0.29) is 18.6 Å². The third-order valence-electron chi connectivity index (χ3n) is 3.61. The fraction of sp³-hybridized carbons (Fsp3) is 0.412. The van der Waals surface area contributed by atoms with Gasteiger partial charge < -0.3 is 20.2 Å². The molecule has 2 atom stereocenters. The van der Waals surface area contributed by atoms with Crippen molar-refractivity contribution in [2.75, 3.05) is 0 Å². The standard InChI is InChI=1S/C17H23N3O3/c1-11(9-15(21)14-7-5-4-6-8-14)19-17(22)18-10-16-20-12(2)13(3)23-16/h4-8,11,15,21H,9-10H2,1-3H3,(H2,18,19,22). The van der Waals surface area contributed by atoms with Gasteiger partial charge in [-0.05, 0) is 32.8 Å². The lowest BCUT2D eigenvalue weighted by Gasteiger charge is -2.18. The van der Waals surface area contributed by atoms with E-state index in [1.54, 1.807) is 0 Å². The average Bonchev–Trinajstić information content (AvgIpc) is 2.84. The van der Waals surface area contributed by atoms with E-state index in [1.807, 2.05) is 51.1 Å². The Balaban J connectivity index is 1.76. The van der Waals surface area contributed by atoms with Gasteiger partial charge in [0.1, 0.15) is 5.76 Å². The summed E-state index contributed by atoms with van der Waals surface area (Å²) in [6.07, 6.45) is -0.169. The maximum atomic E-state index is 11.9. The third kappa shape index (κ3) is 5.10. The molecule has 1 aromatic heterocycles. The second-order valence-electron chi connectivity index (χ2n) is 5.64. The molecule has 0 spiro atoms. The van der Waals surface area contributed by atoms with Crippen LogP contribution < -0.4 is 10.6 Å². The fourth-order valence-corrected chi connectivity index (χ4v) is 2.25. The highest BCUT2D eigenvalue weighted by molar-refractivity contribution is 5.74. The van der Waals surface area contributed by atoms with Crippen LogP contribution in [0.25, 0.3) is 0 Å². The first-order chi connectivity index (χ1) is 11.0. The van der Waals surface area contributed by atoms with Crippen LogP contribution in [-0.4, -0.2) is 22.2 Å². The molecule has 0 aliphatic heterocycles. The van der Waals surface area contributed by atoms with Crippen molar-refractivity contribution in [3.05, 3.63) is 53.2 Å². The smallest absolute Gasteiger partial charge is 0.315 e. The molecule has 124 valence electrons. The molecule has 0 aliphatic rings. The topological polar surface area (TPSA) is 87.4 Å². The fourth-order valence-electron chi connectivity index (χ4n) is 2.25. The van der Waals surface area contributed by atoms with Gasteiger partial charge in [-0.25, -0.2) is 9.78 Å². The van der Waals surface area contributed by atoms with Crippen LogP contribution in [0.1, 0.15) is 42.4 Å². The quantitative estimate of drug-likeness (QED) is 0.764. The van der Waals surface area contributed by atoms with Crippen LogP contribution in [0.5, 0.6) is 0 Å². The zero-order chi connectivity index (χ0) is 16.8. The first-order valence-corrected chi connectivity index (χ1v) is 7.66. The number of carbonyl (C=O) groups is 1. The predicted molar refractivity (Wildman–Crippen MR) is 86.8 cm³/mol. The highest BCUT2D eigenvalue weighted by Crippen LogP contribution is 2.17. The number of nitrogens with zero attached hydrogens (tertiary/aromatic N) is 1. The first kappa shape index (κ1) is 17.0. The molecule has 6 nitrogen and oxygen atoms in total. The predicted octanol–water partition coefficient (Wildman–Crippen LogP) is 2.60. The van der Waals surface area contributed by atoms with E-state index in [4.69, 9.17) is 4.42 Å². The Labute approximate surface area is 135 Å². The number of oxazole rings is 1. The van der Waals surface area contributed by atoms with Crippen LogP contribution in [0.4, 0.5) is 4.79 Å². The molecule has 0 radical (unpaired) electrons. The molecule has 0 saturated heterocycles. The van der Waals surface area contributed by atoms with Crippen molar-refractivity contribution in [2.24, 2.45) is 0 Å². The minimum absolute atomic E-state index is 0.168. The Morgan fingerprint density at radius 3 is 2.61 bits per heavy atom. The maximum Gasteiger partial charge on any atom is 0.315 e. The zero-order valence-corrected chi connectivity index (χ0v) is 13.7. The molecule has 0 saturated carbocycles. The lowest BCUT2D eigenvalue weighted by molar-refractivity contribution is 0.154. The summed E-state index contributed by atoms with van der Waals surface area (Å²) in [5.41, 5.74) is 1.66. The van der Waals surface area contributed by atoms with Gasteiger partial charge in [0.25, 0.3) is 0 Å². The van der Waals surface area contributed by atoms with E-state index in [0.717, 1.165) is 17.0 Å². The van der Waals surface area contributed by atoms with E-state index >= 15 is 0 Å². The summed E-state index contributed by atoms with van der Waals surface area (Å²) >= 11 is 0. The number of amides is 2. The van der Waals surface area contributed by atoms with Crippen molar-refractivity contribution in [1.82, 2.24) is 15.6 Å². The number of hydrogen-bond acceptors (Lipinski definition) is 4. The summed E-state index contributed by atoms with van der Waals surface area (Å²) in [6, 6.07) is 8.91. The van der Waals surface area contributed by atoms with E-state index in [2.05, 4.69) is 15.6 Å². The SMILES string of the molecule is Cc1nc(CNC(=O)NC(C)CC(O)c2ccccc2)oc1C. The molecule has 1 aromatic carbocycles. The van der Waals surface area contributed by atoms with Crippen molar-refractivity contribution in [1.29, 1.82) is 0 Å². The van der Waals surface area contributed by atoms with Crippen LogP contribution in [0, 0.1) is 13.8 Å². The third-order valence-corrected chi connectivity index (χ3v) is 3.61. The largest absolute Gasteiger partial charge is 0.444 e. The molecule has 23 heavy (non-hydrogen) atoms. The van der Waals surface area contributed by atoms with Crippen LogP contribution >= 0.6 is 0 Å². The number of aromatic nitrogens is 1. The highest BCUT2D eigenvalue weighted by atomic mass is 16.4. The lowest BCUT2D eigenvalue weighted by Crippen LogP contribution is -2.41. The normalized spacial score (nSPS) is 13.4. The Morgan fingerprint density at radius 1 is 1.30 bits per heavy atom. The second-order valence-corrected chi connectivity index (χ2v) is 5.64. The van der Waals surface area contributed by atoms with E-state index in [0.29, 0.717) is 12.3 Å². The second kappa shape index (κ2) is 7.78. The Hall–Kier alpha value is -2.34. The molecule has 2 aromatic rings. The molecular weight excluding hydrogens is 294 g/mol. The first-order valence-electron chi connectivity index (χ1n) is 7.66. The molecule has 6 heteroatoms. The zero-order valence-electron chi connectivity index (χ0n) is 13.7. The van der Waals surface area contributed by atoms with E-state index < -0.39 is 6.10 Å². The Morgan fingerprint density at radius 2 is 2.00 bits per heavy atom. The van der Waals surface area contributed by atoms with E-state index in [1.165, 1.54) is 0 Å². The number of aliphatic hydroxyl groups excluding tert-OH is 1. The number of rotatable bonds is 6. The minimum Gasteiger partial charge on any atom is -0.444 e. The van der Waals surface area contributed by atoms with Crippen molar-refractivity contribution in [2.45, 2.75) is 45.9 Å². The minimum atomic E-state index is -0.608. The molecule has 2 rings (SSSR count). The monoisotopic (exact) mass is 317 g/mol. The van der Waals surface area contributed by atoms with Gasteiger partial charge in [-0.2, -0.15) is 0 Å². The summed E-state index contributed by atoms with van der Waals surface area (Å²) in [5.74, 6) is 1.23. The van der Waals surface area contributed by atoms with Gasteiger partial charge >= 0.3 is 6.03 Å². The summed E-state index contributed by atoms with van der Waals surface area (Å²) in [6.45, 7) is 5.77. The van der Waals surface area contributed by atoms with Gasteiger partial charge in [-0.1, -0.05) is 30.3 Å². The molecular formula is C17H23N3O3. The Bertz CT molecular complexity index is 620.